The molecule has 1 N–H and O–H groups in total. The van der Waals surface area contributed by atoms with Gasteiger partial charge in [0.15, 0.2) is 5.82 Å². The Bertz CT molecular complexity index is 773. The van der Waals surface area contributed by atoms with Gasteiger partial charge in [-0.15, -0.1) is 0 Å². The van der Waals surface area contributed by atoms with Crippen molar-refractivity contribution in [3.63, 3.8) is 0 Å². The highest BCUT2D eigenvalue weighted by molar-refractivity contribution is 14.1. The molecular formula is C14H10IN5O. The first-order chi connectivity index (χ1) is 10.2. The van der Waals surface area contributed by atoms with Crippen LogP contribution in [0.1, 0.15) is 10.4 Å². The van der Waals surface area contributed by atoms with E-state index in [4.69, 9.17) is 0 Å². The molecule has 104 valence electrons. The van der Waals surface area contributed by atoms with Crippen molar-refractivity contribution in [3.05, 3.63) is 64.3 Å². The van der Waals surface area contributed by atoms with E-state index >= 15 is 0 Å². The number of nitrogens with zero attached hydrogens (tertiary/aromatic N) is 4. The van der Waals surface area contributed by atoms with E-state index in [0.29, 0.717) is 17.2 Å². The smallest absolute Gasteiger partial charge is 0.257 e. The molecule has 6 nitrogen and oxygen atoms in total. The second-order valence-electron chi connectivity index (χ2n) is 4.15. The molecule has 0 saturated carbocycles. The van der Waals surface area contributed by atoms with Gasteiger partial charge in [0, 0.05) is 22.0 Å². The van der Waals surface area contributed by atoms with Crippen LogP contribution in [-0.4, -0.2) is 25.7 Å². The summed E-state index contributed by atoms with van der Waals surface area (Å²) in [7, 11) is 0. The van der Waals surface area contributed by atoms with Crippen LogP contribution in [-0.2, 0) is 0 Å². The summed E-state index contributed by atoms with van der Waals surface area (Å²) in [5.74, 6) is 0.818. The minimum atomic E-state index is -0.204. The molecule has 0 radical (unpaired) electrons. The van der Waals surface area contributed by atoms with Gasteiger partial charge in [0.05, 0.1) is 5.56 Å². The molecule has 0 aliphatic heterocycles. The van der Waals surface area contributed by atoms with Crippen molar-refractivity contribution < 1.29 is 4.79 Å². The molecule has 1 amide bonds. The molecule has 0 spiro atoms. The van der Waals surface area contributed by atoms with Gasteiger partial charge in [-0.1, -0.05) is 12.1 Å². The average Bonchev–Trinajstić information content (AvgIpc) is 3.02. The van der Waals surface area contributed by atoms with Crippen molar-refractivity contribution in [2.45, 2.75) is 0 Å². The molecular weight excluding hydrogens is 381 g/mol. The first-order valence-corrected chi connectivity index (χ1v) is 7.20. The molecule has 1 aromatic carbocycles. The van der Waals surface area contributed by atoms with Crippen LogP contribution < -0.4 is 5.32 Å². The summed E-state index contributed by atoms with van der Waals surface area (Å²) in [6.07, 6.45) is 4.82. The summed E-state index contributed by atoms with van der Waals surface area (Å²) in [6.45, 7) is 0. The third-order valence-corrected chi connectivity index (χ3v) is 3.69. The lowest BCUT2D eigenvalue weighted by molar-refractivity contribution is 0.102. The fourth-order valence-corrected chi connectivity index (χ4v) is 2.41. The van der Waals surface area contributed by atoms with Crippen molar-refractivity contribution in [1.82, 2.24) is 19.7 Å². The third-order valence-electron chi connectivity index (χ3n) is 2.75. The lowest BCUT2D eigenvalue weighted by Gasteiger charge is -2.07. The van der Waals surface area contributed by atoms with E-state index in [9.17, 15) is 4.79 Å². The molecule has 0 fully saturated rings. The number of carbonyl (C=O) groups excluding carboxylic acids is 1. The number of hydrogen-bond acceptors (Lipinski definition) is 4. The van der Waals surface area contributed by atoms with E-state index in [2.05, 4.69) is 43.0 Å². The first-order valence-electron chi connectivity index (χ1n) is 6.12. The maximum absolute atomic E-state index is 12.2. The Morgan fingerprint density at radius 3 is 2.81 bits per heavy atom. The zero-order valence-corrected chi connectivity index (χ0v) is 12.9. The van der Waals surface area contributed by atoms with Gasteiger partial charge < -0.3 is 5.32 Å². The van der Waals surface area contributed by atoms with Crippen molar-refractivity contribution in [2.75, 3.05) is 5.32 Å². The molecule has 0 saturated heterocycles. The molecule has 0 unspecified atom stereocenters. The minimum Gasteiger partial charge on any atom is -0.306 e. The number of nitrogens with one attached hydrogen (secondary N) is 1. The maximum Gasteiger partial charge on any atom is 0.257 e. The molecule has 21 heavy (non-hydrogen) atoms. The normalized spacial score (nSPS) is 10.3. The average molecular weight is 391 g/mol. The van der Waals surface area contributed by atoms with E-state index in [1.807, 2.05) is 18.2 Å². The van der Waals surface area contributed by atoms with E-state index < -0.39 is 0 Å². The monoisotopic (exact) mass is 391 g/mol. The lowest BCUT2D eigenvalue weighted by atomic mass is 10.2. The molecule has 0 aliphatic rings. The molecule has 3 aromatic rings. The van der Waals surface area contributed by atoms with E-state index in [1.54, 1.807) is 35.3 Å². The number of amides is 1. The van der Waals surface area contributed by atoms with Crippen LogP contribution in [0, 0.1) is 3.57 Å². The molecule has 3 rings (SSSR count). The van der Waals surface area contributed by atoms with Gasteiger partial charge in [-0.05, 0) is 40.8 Å². The van der Waals surface area contributed by atoms with Crippen molar-refractivity contribution >= 4 is 34.3 Å². The van der Waals surface area contributed by atoms with E-state index in [0.717, 1.165) is 3.57 Å². The summed E-state index contributed by atoms with van der Waals surface area (Å²) in [5, 5.41) is 6.86. The summed E-state index contributed by atoms with van der Waals surface area (Å²) in [6, 6.07) is 10.8. The minimum absolute atomic E-state index is 0.204. The highest BCUT2D eigenvalue weighted by Gasteiger charge is 2.10. The summed E-state index contributed by atoms with van der Waals surface area (Å²) < 4.78 is 2.48. The Morgan fingerprint density at radius 1 is 1.19 bits per heavy atom. The third kappa shape index (κ3) is 3.07. The fourth-order valence-electron chi connectivity index (χ4n) is 1.77. The van der Waals surface area contributed by atoms with Gasteiger partial charge in [0.25, 0.3) is 5.91 Å². The van der Waals surface area contributed by atoms with Gasteiger partial charge in [0.1, 0.15) is 12.1 Å². The predicted molar refractivity (Wildman–Crippen MR) is 86.3 cm³/mol. The van der Waals surface area contributed by atoms with Crippen LogP contribution in [0.3, 0.4) is 0 Å². The number of carbonyl (C=O) groups is 1. The quantitative estimate of drug-likeness (QED) is 0.697. The van der Waals surface area contributed by atoms with E-state index in [-0.39, 0.29) is 5.91 Å². The zero-order chi connectivity index (χ0) is 14.7. The van der Waals surface area contributed by atoms with Crippen LogP contribution in [0.25, 0.3) is 5.82 Å². The topological polar surface area (TPSA) is 72.7 Å². The molecule has 0 aliphatic carbocycles. The standard InChI is InChI=1S/C14H10IN5O/c15-11-5-2-1-4-10(11)14(21)19-12-8-13(17-9-16-12)20-7-3-6-18-20/h1-9H,(H,16,17,19,21). The first kappa shape index (κ1) is 13.7. The van der Waals surface area contributed by atoms with Gasteiger partial charge in [-0.3, -0.25) is 4.79 Å². The maximum atomic E-state index is 12.2. The van der Waals surface area contributed by atoms with Gasteiger partial charge in [0.2, 0.25) is 0 Å². The van der Waals surface area contributed by atoms with E-state index in [1.165, 1.54) is 6.33 Å². The van der Waals surface area contributed by atoms with Crippen LogP contribution in [0.15, 0.2) is 55.1 Å². The molecule has 2 aromatic heterocycles. The van der Waals surface area contributed by atoms with Crippen molar-refractivity contribution in [1.29, 1.82) is 0 Å². The molecule has 2 heterocycles. The number of rotatable bonds is 3. The summed E-state index contributed by atoms with van der Waals surface area (Å²) in [4.78, 5) is 20.4. The Labute approximate surface area is 134 Å². The van der Waals surface area contributed by atoms with Crippen LogP contribution in [0.2, 0.25) is 0 Å². The SMILES string of the molecule is O=C(Nc1cc(-n2cccn2)ncn1)c1ccccc1I. The van der Waals surface area contributed by atoms with Crippen LogP contribution >= 0.6 is 22.6 Å². The van der Waals surface area contributed by atoms with Crippen molar-refractivity contribution in [2.24, 2.45) is 0 Å². The highest BCUT2D eigenvalue weighted by atomic mass is 127. The number of halogens is 1. The molecule has 7 heteroatoms. The van der Waals surface area contributed by atoms with Gasteiger partial charge >= 0.3 is 0 Å². The number of hydrogen-bond donors (Lipinski definition) is 1. The largest absolute Gasteiger partial charge is 0.306 e. The summed E-state index contributed by atoms with van der Waals surface area (Å²) >= 11 is 2.13. The Hall–Kier alpha value is -2.29. The zero-order valence-electron chi connectivity index (χ0n) is 10.8. The van der Waals surface area contributed by atoms with Gasteiger partial charge in [-0.2, -0.15) is 5.10 Å². The number of benzene rings is 1. The lowest BCUT2D eigenvalue weighted by Crippen LogP contribution is -2.15. The molecule has 0 bridgehead atoms. The Kier molecular flexibility index (Phi) is 3.91. The van der Waals surface area contributed by atoms with Gasteiger partial charge in [-0.25, -0.2) is 14.6 Å². The highest BCUT2D eigenvalue weighted by Crippen LogP contribution is 2.14. The van der Waals surface area contributed by atoms with Crippen molar-refractivity contribution in [3.8, 4) is 5.82 Å². The Morgan fingerprint density at radius 2 is 2.05 bits per heavy atom. The number of aromatic nitrogens is 4. The second kappa shape index (κ2) is 6.00. The predicted octanol–water partition coefficient (Wildman–Crippen LogP) is 2.52. The second-order valence-corrected chi connectivity index (χ2v) is 5.31. The summed E-state index contributed by atoms with van der Waals surface area (Å²) in [5.41, 5.74) is 0.609. The van der Waals surface area contributed by atoms with Crippen LogP contribution in [0.5, 0.6) is 0 Å². The Balaban J connectivity index is 1.84. The number of anilines is 1. The van der Waals surface area contributed by atoms with Crippen LogP contribution in [0.4, 0.5) is 5.82 Å². The fraction of sp³-hybridized carbons (Fsp3) is 0. The molecule has 0 atom stereocenters.